The van der Waals surface area contributed by atoms with Crippen LogP contribution in [-0.2, 0) is 94.9 Å². The first-order valence-corrected chi connectivity index (χ1v) is 47.2. The molecule has 0 radical (unpaired) electrons. The van der Waals surface area contributed by atoms with E-state index in [0.717, 1.165) is 0 Å². The second-order valence-electron chi connectivity index (χ2n) is 35.6. The molecule has 0 aromatic heterocycles. The molecular formula is C78H144N10O42S2. The van der Waals surface area contributed by atoms with Crippen LogP contribution < -0.4 is 57.3 Å². The SMILES string of the molecule is NC1[C@H](OCC2O[C@@H](OCC3O[C@@H](OCC4C[C@@H](OCC5O[C@@H](OCCCCC(=O)CCCSSCCCC(=O)CCCCO[C@@H]6OC(CO[C@@H]7CC(CO[C@@H]8OC(CO[C@@H]9OC(CO[C@@H]%10OC(CO)[C@@H](O)[C@H](O)C%10N)[C@@H](O)[C@H](O)C9N)[C@@H](O)[C@H](O)C8N)[C@@H](O)[C@H](O)C7N)[C@@H](O)[C@H](O)C6N)C(N)[C@@H](O)[C@@H]5O)C(N)[C@@H](O)[C@@H]4O)C(N)[C@@H](O)[C@@H]3O)C(N)[C@@H](O)[C@@H]2O)OC(CO)[C@@H](O)[C@@H]1O. The molecule has 770 valence electrons. The van der Waals surface area contributed by atoms with Crippen molar-refractivity contribution in [3.63, 3.8) is 0 Å². The zero-order valence-corrected chi connectivity index (χ0v) is 74.5. The van der Waals surface area contributed by atoms with Gasteiger partial charge in [0.05, 0.1) is 163 Å². The first-order valence-electron chi connectivity index (χ1n) is 44.8. The molecule has 8 saturated heterocycles. The van der Waals surface area contributed by atoms with Crippen molar-refractivity contribution in [2.24, 2.45) is 69.2 Å². The number of rotatable bonds is 47. The molecule has 52 nitrogen and oxygen atoms in total. The van der Waals surface area contributed by atoms with E-state index in [1.165, 1.54) is 0 Å². The van der Waals surface area contributed by atoms with Gasteiger partial charge in [0.25, 0.3) is 0 Å². The van der Waals surface area contributed by atoms with Crippen molar-refractivity contribution in [1.82, 2.24) is 0 Å². The number of aliphatic hydroxyl groups is 22. The fraction of sp³-hybridized carbons (Fsp3) is 0.974. The van der Waals surface area contributed by atoms with Crippen LogP contribution in [0.25, 0.3) is 0 Å². The van der Waals surface area contributed by atoms with Crippen molar-refractivity contribution < 1.29 is 207 Å². The van der Waals surface area contributed by atoms with Gasteiger partial charge in [0.2, 0.25) is 0 Å². The lowest BCUT2D eigenvalue weighted by atomic mass is 9.80. The largest absolute Gasteiger partial charge is 0.394 e. The number of ether oxygens (including phenoxy) is 18. The number of carbonyl (C=O) groups excluding carboxylic acids is 2. The lowest BCUT2D eigenvalue weighted by Crippen LogP contribution is -2.66. The third-order valence-corrected chi connectivity index (χ3v) is 28.6. The van der Waals surface area contributed by atoms with Gasteiger partial charge in [0.15, 0.2) is 50.3 Å². The summed E-state index contributed by atoms with van der Waals surface area (Å²) >= 11 is 0. The van der Waals surface area contributed by atoms with Gasteiger partial charge in [-0.15, -0.1) is 0 Å². The fourth-order valence-electron chi connectivity index (χ4n) is 17.2. The van der Waals surface area contributed by atoms with Crippen molar-refractivity contribution >= 4 is 33.2 Å². The van der Waals surface area contributed by atoms with Gasteiger partial charge in [-0.3, -0.25) is 9.59 Å². The predicted octanol–water partition coefficient (Wildman–Crippen LogP) is -17.4. The topological polar surface area (TPSA) is 906 Å². The highest BCUT2D eigenvalue weighted by molar-refractivity contribution is 8.76. The maximum atomic E-state index is 12.8. The number of carbonyl (C=O) groups is 2. The number of unbranched alkanes of at least 4 members (excludes halogenated alkanes) is 2. The van der Waals surface area contributed by atoms with Gasteiger partial charge < -0.3 is 255 Å². The number of hydrogen-bond acceptors (Lipinski definition) is 54. The maximum absolute atomic E-state index is 12.8. The summed E-state index contributed by atoms with van der Waals surface area (Å²) in [6.45, 7) is -5.00. The average molecular weight is 1960 g/mol. The normalized spacial score (nSPS) is 47.0. The molecule has 8 aliphatic heterocycles. The summed E-state index contributed by atoms with van der Waals surface area (Å²) in [6.07, 6.45) is -51.4. The van der Waals surface area contributed by atoms with E-state index >= 15 is 0 Å². The van der Waals surface area contributed by atoms with Crippen molar-refractivity contribution in [2.75, 3.05) is 90.8 Å². The number of Topliss-reactive ketones (excluding diaryl/α,β-unsaturated/α-hetero) is 2. The number of nitrogens with two attached hydrogens (primary N) is 10. The highest BCUT2D eigenvalue weighted by Gasteiger charge is 2.55. The van der Waals surface area contributed by atoms with Gasteiger partial charge >= 0.3 is 0 Å². The second-order valence-corrected chi connectivity index (χ2v) is 38.3. The lowest BCUT2D eigenvalue weighted by molar-refractivity contribution is -0.313. The number of hydrogen-bond donors (Lipinski definition) is 32. The smallest absolute Gasteiger partial charge is 0.175 e. The summed E-state index contributed by atoms with van der Waals surface area (Å²) < 4.78 is 105. The third-order valence-electron chi connectivity index (χ3n) is 26.0. The Kier molecular flexibility index (Phi) is 44.9. The Labute approximate surface area is 768 Å². The highest BCUT2D eigenvalue weighted by Crippen LogP contribution is 2.37. The molecule has 2 saturated carbocycles. The van der Waals surface area contributed by atoms with Crippen LogP contribution in [0.15, 0.2) is 0 Å². The molecule has 54 heteroatoms. The Morgan fingerprint density at radius 1 is 0.235 bits per heavy atom. The van der Waals surface area contributed by atoms with E-state index in [9.17, 15) is 122 Å². The van der Waals surface area contributed by atoms with Gasteiger partial charge in [0.1, 0.15) is 158 Å². The van der Waals surface area contributed by atoms with E-state index in [2.05, 4.69) is 0 Å². The van der Waals surface area contributed by atoms with E-state index in [4.69, 9.17) is 143 Å². The summed E-state index contributed by atoms with van der Waals surface area (Å²) in [5, 5.41) is 236. The molecule has 0 aromatic rings. The molecule has 10 rings (SSSR count). The van der Waals surface area contributed by atoms with Gasteiger partial charge in [-0.25, -0.2) is 0 Å². The molecule has 10 aliphatic rings. The van der Waals surface area contributed by atoms with Gasteiger partial charge in [0, 0.05) is 62.2 Å². The fourth-order valence-corrected chi connectivity index (χ4v) is 19.4. The van der Waals surface area contributed by atoms with Crippen LogP contribution in [0.3, 0.4) is 0 Å². The minimum Gasteiger partial charge on any atom is -0.394 e. The van der Waals surface area contributed by atoms with Crippen molar-refractivity contribution in [1.29, 1.82) is 0 Å². The Morgan fingerprint density at radius 2 is 0.432 bits per heavy atom. The zero-order valence-electron chi connectivity index (χ0n) is 72.8. The van der Waals surface area contributed by atoms with Crippen LogP contribution >= 0.6 is 21.6 Å². The molecule has 0 bridgehead atoms. The third kappa shape index (κ3) is 28.5. The number of aliphatic hydroxyl groups excluding tert-OH is 22. The van der Waals surface area contributed by atoms with Crippen molar-refractivity contribution in [3.8, 4) is 0 Å². The molecular weight excluding hydrogens is 1810 g/mol. The molecule has 42 N–H and O–H groups in total. The molecule has 8 heterocycles. The Bertz CT molecular complexity index is 3160. The van der Waals surface area contributed by atoms with Crippen molar-refractivity contribution in [3.05, 3.63) is 0 Å². The van der Waals surface area contributed by atoms with Gasteiger partial charge in [-0.2, -0.15) is 0 Å². The van der Waals surface area contributed by atoms with Crippen LogP contribution in [0.4, 0.5) is 0 Å². The average Bonchev–Trinajstić information content (AvgIpc) is 0.801. The molecule has 10 fully saturated rings. The molecule has 0 aromatic carbocycles. The summed E-state index contributed by atoms with van der Waals surface area (Å²) in [6, 6.07) is -12.9. The van der Waals surface area contributed by atoms with Crippen LogP contribution in [-0.4, -0.2) is 509 Å². The Balaban J connectivity index is 0.552. The minimum absolute atomic E-state index is 0.0507. The van der Waals surface area contributed by atoms with Crippen LogP contribution in [0.2, 0.25) is 0 Å². The van der Waals surface area contributed by atoms with E-state index in [1.54, 1.807) is 21.6 Å². The van der Waals surface area contributed by atoms with Crippen molar-refractivity contribution in [2.45, 2.75) is 371 Å². The van der Waals surface area contributed by atoms with E-state index in [1.807, 2.05) is 0 Å². The van der Waals surface area contributed by atoms with E-state index < -0.39 is 359 Å². The first kappa shape index (κ1) is 112. The Morgan fingerprint density at radius 3 is 0.674 bits per heavy atom. The molecule has 0 amide bonds. The quantitative estimate of drug-likeness (QED) is 0.0199. The van der Waals surface area contributed by atoms with Crippen LogP contribution in [0.5, 0.6) is 0 Å². The molecule has 132 heavy (non-hydrogen) atoms. The predicted molar refractivity (Wildman–Crippen MR) is 448 cm³/mol. The van der Waals surface area contributed by atoms with Crippen LogP contribution in [0, 0.1) is 11.8 Å². The maximum Gasteiger partial charge on any atom is 0.175 e. The summed E-state index contributed by atoms with van der Waals surface area (Å²) in [4.78, 5) is 25.6. The minimum atomic E-state index is -1.69. The molecule has 0 spiro atoms. The van der Waals surface area contributed by atoms with E-state index in [-0.39, 0.29) is 63.7 Å². The molecule has 20 unspecified atom stereocenters. The Hall–Kier alpha value is -1.96. The van der Waals surface area contributed by atoms with Gasteiger partial charge in [-0.05, 0) is 51.4 Å². The summed E-state index contributed by atoms with van der Waals surface area (Å²) in [5.41, 5.74) is 61.8. The lowest BCUT2D eigenvalue weighted by Gasteiger charge is -2.45. The summed E-state index contributed by atoms with van der Waals surface area (Å²) in [5.74, 6) is -0.360. The standard InChI is InChI=1S/C78H144N10O42S2/c79-41-31(15-27(51(93)61(41)103)19-117-73-47(85)67(109)57(99)37(127-73)25-121-77-49(87)69(111)59(101)39(129-77)23-119-75-45(83)63(105)53(95)33(17-89)123-75)115-21-35-55(97)65(107)43(81)71(125-35)113-11-3-1-7-29(91)9-5-13-131-132-14-6-10-30(92)8-2-4-12-114-72-44(82)66(108)56(98)36(126-72)22-116-32-16-28(52(94)62(104)42(32)80)20-118-74-48(86)68(110)58(100)38(128-74)26-122-78-50(88)70(112)60(102)40(130-78)24-120-76-46(84)64(106)54(96)34(18-90)124-76/h27-28,31-78,89-90,93-112H,1-26,79-88H2/t27?,28?,31-,32-,33?,34?,35?,36?,37?,38?,39?,40?,41?,42?,43?,44?,45?,46?,47?,48?,49?,50?,51-,52-,53-,54-,55-,56-,57-,58-,59-,60-,61-,62-,63-,64-,65-,66-,67-,68-,69-,70-,71-,72-,73-,74-,75-,76-,77-,78-/m1/s1. The number of ketones is 2. The highest BCUT2D eigenvalue weighted by atomic mass is 33.1. The molecule has 2 aliphatic carbocycles. The second kappa shape index (κ2) is 52.9. The van der Waals surface area contributed by atoms with E-state index in [0.29, 0.717) is 62.9 Å². The molecule has 50 atom stereocenters. The van der Waals surface area contributed by atoms with Crippen LogP contribution in [0.1, 0.15) is 77.0 Å². The monoisotopic (exact) mass is 1960 g/mol. The first-order chi connectivity index (χ1) is 62.7. The van der Waals surface area contributed by atoms with Gasteiger partial charge in [-0.1, -0.05) is 21.6 Å². The summed E-state index contributed by atoms with van der Waals surface area (Å²) in [7, 11) is 3.19. The zero-order chi connectivity index (χ0) is 96.5.